The van der Waals surface area contributed by atoms with Gasteiger partial charge in [0.2, 0.25) is 0 Å². The molecule has 1 N–H and O–H groups in total. The second-order valence-corrected chi connectivity index (χ2v) is 5.94. The van der Waals surface area contributed by atoms with E-state index in [9.17, 15) is 9.90 Å². The van der Waals surface area contributed by atoms with Crippen LogP contribution in [0.3, 0.4) is 0 Å². The van der Waals surface area contributed by atoms with Gasteiger partial charge in [0, 0.05) is 0 Å². The third-order valence-corrected chi connectivity index (χ3v) is 3.86. The van der Waals surface area contributed by atoms with E-state index in [-0.39, 0.29) is 5.57 Å². The highest BCUT2D eigenvalue weighted by Crippen LogP contribution is 2.30. The Labute approximate surface area is 148 Å². The van der Waals surface area contributed by atoms with Gasteiger partial charge in [-0.3, -0.25) is 0 Å². The molecule has 0 bridgehead atoms. The van der Waals surface area contributed by atoms with Gasteiger partial charge in [0.15, 0.2) is 11.5 Å². The molecule has 4 nitrogen and oxygen atoms in total. The molecule has 2 aromatic carbocycles. The zero-order chi connectivity index (χ0) is 18.4. The Balaban J connectivity index is 2.45. The summed E-state index contributed by atoms with van der Waals surface area (Å²) < 4.78 is 11.0. The summed E-state index contributed by atoms with van der Waals surface area (Å²) in [6.45, 7) is 6.54. The van der Waals surface area contributed by atoms with Gasteiger partial charge in [-0.25, -0.2) is 4.79 Å². The Kier molecular flexibility index (Phi) is 6.23. The van der Waals surface area contributed by atoms with E-state index >= 15 is 0 Å². The van der Waals surface area contributed by atoms with Crippen molar-refractivity contribution in [2.75, 3.05) is 13.7 Å². The molecule has 25 heavy (non-hydrogen) atoms. The number of aliphatic carboxylic acids is 1. The lowest BCUT2D eigenvalue weighted by atomic mass is 9.97. The topological polar surface area (TPSA) is 55.8 Å². The minimum atomic E-state index is -0.961. The van der Waals surface area contributed by atoms with E-state index in [1.165, 1.54) is 0 Å². The SMILES string of the molecule is CCCOc1ccc(/C=C(\C(=O)O)c2ccc(C)cc2C)cc1OC. The average molecular weight is 340 g/mol. The van der Waals surface area contributed by atoms with E-state index in [0.717, 1.165) is 23.1 Å². The van der Waals surface area contributed by atoms with Crippen LogP contribution in [0, 0.1) is 13.8 Å². The van der Waals surface area contributed by atoms with Gasteiger partial charge in [-0.1, -0.05) is 36.8 Å². The van der Waals surface area contributed by atoms with Crippen molar-refractivity contribution in [3.63, 3.8) is 0 Å². The smallest absolute Gasteiger partial charge is 0.336 e. The van der Waals surface area contributed by atoms with Crippen molar-refractivity contribution in [1.29, 1.82) is 0 Å². The maximum Gasteiger partial charge on any atom is 0.336 e. The summed E-state index contributed by atoms with van der Waals surface area (Å²) in [6, 6.07) is 11.2. The molecule has 132 valence electrons. The highest BCUT2D eigenvalue weighted by Gasteiger charge is 2.14. The molecular weight excluding hydrogens is 316 g/mol. The van der Waals surface area contributed by atoms with Crippen molar-refractivity contribution in [1.82, 2.24) is 0 Å². The predicted molar refractivity (Wildman–Crippen MR) is 100 cm³/mol. The number of ether oxygens (including phenoxy) is 2. The third kappa shape index (κ3) is 4.63. The number of methoxy groups -OCH3 is 1. The van der Waals surface area contributed by atoms with E-state index in [1.807, 2.05) is 51.1 Å². The van der Waals surface area contributed by atoms with E-state index in [4.69, 9.17) is 9.47 Å². The molecule has 4 heteroatoms. The predicted octanol–water partition coefficient (Wildman–Crippen LogP) is 4.73. The summed E-state index contributed by atoms with van der Waals surface area (Å²) in [4.78, 5) is 11.8. The van der Waals surface area contributed by atoms with E-state index < -0.39 is 5.97 Å². The van der Waals surface area contributed by atoms with Crippen LogP contribution in [0.4, 0.5) is 0 Å². The highest BCUT2D eigenvalue weighted by atomic mass is 16.5. The number of hydrogen-bond donors (Lipinski definition) is 1. The minimum Gasteiger partial charge on any atom is -0.493 e. The van der Waals surface area contributed by atoms with Crippen LogP contribution in [0.2, 0.25) is 0 Å². The first kappa shape index (κ1) is 18.6. The second-order valence-electron chi connectivity index (χ2n) is 5.94. The summed E-state index contributed by atoms with van der Waals surface area (Å²) in [6.07, 6.45) is 2.56. The van der Waals surface area contributed by atoms with Crippen LogP contribution in [0.25, 0.3) is 11.6 Å². The van der Waals surface area contributed by atoms with Crippen molar-refractivity contribution in [3.8, 4) is 11.5 Å². The fourth-order valence-corrected chi connectivity index (χ4v) is 2.64. The fraction of sp³-hybridized carbons (Fsp3) is 0.286. The van der Waals surface area contributed by atoms with E-state index in [2.05, 4.69) is 0 Å². The summed E-state index contributed by atoms with van der Waals surface area (Å²) in [5.74, 6) is 0.287. The Morgan fingerprint density at radius 3 is 2.48 bits per heavy atom. The van der Waals surface area contributed by atoms with Crippen molar-refractivity contribution < 1.29 is 19.4 Å². The van der Waals surface area contributed by atoms with Crippen molar-refractivity contribution >= 4 is 17.6 Å². The first-order chi connectivity index (χ1) is 12.0. The first-order valence-corrected chi connectivity index (χ1v) is 8.29. The van der Waals surface area contributed by atoms with Gasteiger partial charge in [0.25, 0.3) is 0 Å². The maximum absolute atomic E-state index is 11.8. The molecule has 0 amide bonds. The summed E-state index contributed by atoms with van der Waals surface area (Å²) in [5.41, 5.74) is 3.75. The Hall–Kier alpha value is -2.75. The summed E-state index contributed by atoms with van der Waals surface area (Å²) in [7, 11) is 1.57. The third-order valence-electron chi connectivity index (χ3n) is 3.86. The first-order valence-electron chi connectivity index (χ1n) is 8.29. The molecule has 2 rings (SSSR count). The molecule has 0 atom stereocenters. The Morgan fingerprint density at radius 2 is 1.88 bits per heavy atom. The maximum atomic E-state index is 11.8. The molecule has 0 unspecified atom stereocenters. The molecule has 0 aliphatic carbocycles. The van der Waals surface area contributed by atoms with Crippen LogP contribution in [0.1, 0.15) is 35.6 Å². The average Bonchev–Trinajstić information content (AvgIpc) is 2.58. The fourth-order valence-electron chi connectivity index (χ4n) is 2.64. The number of carbonyl (C=O) groups is 1. The number of benzene rings is 2. The van der Waals surface area contributed by atoms with Crippen LogP contribution in [-0.4, -0.2) is 24.8 Å². The lowest BCUT2D eigenvalue weighted by molar-refractivity contribution is -0.130. The Morgan fingerprint density at radius 1 is 1.12 bits per heavy atom. The second kappa shape index (κ2) is 8.38. The minimum absolute atomic E-state index is 0.252. The summed E-state index contributed by atoms with van der Waals surface area (Å²) >= 11 is 0. The molecule has 0 spiro atoms. The molecule has 0 aromatic heterocycles. The van der Waals surface area contributed by atoms with Gasteiger partial charge in [0.05, 0.1) is 19.3 Å². The standard InChI is InChI=1S/C21H24O4/c1-5-10-25-19-9-7-16(13-20(19)24-4)12-18(21(22)23)17-8-6-14(2)11-15(17)3/h6-9,11-13H,5,10H2,1-4H3,(H,22,23)/b18-12-. The Bertz CT molecular complexity index is 790. The van der Waals surface area contributed by atoms with Crippen LogP contribution < -0.4 is 9.47 Å². The van der Waals surface area contributed by atoms with Gasteiger partial charge < -0.3 is 14.6 Å². The molecule has 0 radical (unpaired) electrons. The normalized spacial score (nSPS) is 11.3. The lowest BCUT2D eigenvalue weighted by Crippen LogP contribution is -2.02. The van der Waals surface area contributed by atoms with Gasteiger partial charge in [0.1, 0.15) is 0 Å². The zero-order valence-electron chi connectivity index (χ0n) is 15.1. The molecule has 0 aliphatic heterocycles. The largest absolute Gasteiger partial charge is 0.493 e. The van der Waals surface area contributed by atoms with E-state index in [1.54, 1.807) is 19.3 Å². The number of rotatable bonds is 7. The molecule has 0 saturated carbocycles. The summed E-state index contributed by atoms with van der Waals surface area (Å²) in [5, 5.41) is 9.65. The molecule has 0 saturated heterocycles. The molecule has 2 aromatic rings. The van der Waals surface area contributed by atoms with Crippen LogP contribution in [0.15, 0.2) is 36.4 Å². The van der Waals surface area contributed by atoms with Gasteiger partial charge in [-0.2, -0.15) is 0 Å². The molecule has 0 fully saturated rings. The zero-order valence-corrected chi connectivity index (χ0v) is 15.1. The number of hydrogen-bond acceptors (Lipinski definition) is 3. The van der Waals surface area contributed by atoms with Crippen molar-refractivity contribution in [2.45, 2.75) is 27.2 Å². The van der Waals surface area contributed by atoms with Crippen LogP contribution in [0.5, 0.6) is 11.5 Å². The number of carboxylic acid groups (broad SMARTS) is 1. The quantitative estimate of drug-likeness (QED) is 0.585. The monoisotopic (exact) mass is 340 g/mol. The van der Waals surface area contributed by atoms with Crippen LogP contribution >= 0.6 is 0 Å². The number of aryl methyl sites for hydroxylation is 2. The highest BCUT2D eigenvalue weighted by molar-refractivity contribution is 6.21. The molecule has 0 heterocycles. The van der Waals surface area contributed by atoms with Crippen molar-refractivity contribution in [3.05, 3.63) is 58.7 Å². The van der Waals surface area contributed by atoms with Gasteiger partial charge in [-0.15, -0.1) is 0 Å². The van der Waals surface area contributed by atoms with E-state index in [0.29, 0.717) is 23.7 Å². The molecular formula is C21H24O4. The van der Waals surface area contributed by atoms with Crippen LogP contribution in [-0.2, 0) is 4.79 Å². The van der Waals surface area contributed by atoms with Crippen molar-refractivity contribution in [2.24, 2.45) is 0 Å². The van der Waals surface area contributed by atoms with Gasteiger partial charge >= 0.3 is 5.97 Å². The molecule has 0 aliphatic rings. The van der Waals surface area contributed by atoms with Gasteiger partial charge in [-0.05, 0) is 55.2 Å². The lowest BCUT2D eigenvalue weighted by Gasteiger charge is -2.12. The number of carboxylic acids is 1.